The predicted molar refractivity (Wildman–Crippen MR) is 75.3 cm³/mol. The Morgan fingerprint density at radius 2 is 1.72 bits per heavy atom. The van der Waals surface area contributed by atoms with Gasteiger partial charge in [0.05, 0.1) is 5.75 Å². The summed E-state index contributed by atoms with van der Waals surface area (Å²) in [5.74, 6) is 0.219. The van der Waals surface area contributed by atoms with Gasteiger partial charge in [-0.05, 0) is 32.2 Å². The minimum absolute atomic E-state index is 0.219. The molecule has 0 aliphatic carbocycles. The molecule has 0 bridgehead atoms. The first-order chi connectivity index (χ1) is 8.48. The monoisotopic (exact) mass is 280 g/mol. The molecule has 0 aliphatic rings. The number of methoxy groups -OCH3 is 1. The molecule has 0 fully saturated rings. The van der Waals surface area contributed by atoms with Crippen molar-refractivity contribution in [2.24, 2.45) is 0 Å². The van der Waals surface area contributed by atoms with E-state index in [1.54, 1.807) is 7.11 Å². The number of sulfonamides is 1. The summed E-state index contributed by atoms with van der Waals surface area (Å²) in [6.07, 6.45) is 3.30. The molecule has 6 heteroatoms. The summed E-state index contributed by atoms with van der Waals surface area (Å²) in [4.78, 5) is 0. The van der Waals surface area contributed by atoms with Gasteiger partial charge in [0, 0.05) is 26.3 Å². The van der Waals surface area contributed by atoms with Crippen LogP contribution in [-0.4, -0.2) is 47.0 Å². The van der Waals surface area contributed by atoms with Crippen LogP contribution in [-0.2, 0) is 14.8 Å². The zero-order valence-electron chi connectivity index (χ0n) is 11.9. The van der Waals surface area contributed by atoms with Gasteiger partial charge in [0.15, 0.2) is 0 Å². The quantitative estimate of drug-likeness (QED) is 0.526. The van der Waals surface area contributed by atoms with Gasteiger partial charge in [0.1, 0.15) is 0 Å². The summed E-state index contributed by atoms with van der Waals surface area (Å²) in [6, 6.07) is 0.459. The van der Waals surface area contributed by atoms with E-state index >= 15 is 0 Å². The molecule has 0 atom stereocenters. The molecule has 2 N–H and O–H groups in total. The van der Waals surface area contributed by atoms with Crippen molar-refractivity contribution in [2.75, 3.05) is 32.6 Å². The zero-order chi connectivity index (χ0) is 13.9. The van der Waals surface area contributed by atoms with Crippen LogP contribution in [0, 0.1) is 0 Å². The van der Waals surface area contributed by atoms with Gasteiger partial charge in [-0.1, -0.05) is 13.8 Å². The highest BCUT2D eigenvalue weighted by Crippen LogP contribution is 1.96. The van der Waals surface area contributed by atoms with Gasteiger partial charge < -0.3 is 10.1 Å². The smallest absolute Gasteiger partial charge is 0.211 e. The van der Waals surface area contributed by atoms with Crippen molar-refractivity contribution in [1.82, 2.24) is 10.0 Å². The van der Waals surface area contributed by atoms with Gasteiger partial charge in [-0.2, -0.15) is 0 Å². The van der Waals surface area contributed by atoms with Crippen molar-refractivity contribution >= 4 is 10.0 Å². The minimum Gasteiger partial charge on any atom is -0.385 e. The average molecular weight is 280 g/mol. The Hall–Kier alpha value is -0.170. The Kier molecular flexibility index (Phi) is 10.6. The molecule has 110 valence electrons. The van der Waals surface area contributed by atoms with Crippen LogP contribution in [0.1, 0.15) is 39.5 Å². The average Bonchev–Trinajstić information content (AvgIpc) is 2.27. The summed E-state index contributed by atoms with van der Waals surface area (Å²) in [7, 11) is -1.44. The Bertz CT molecular complexity index is 279. The highest BCUT2D eigenvalue weighted by atomic mass is 32.2. The molecule has 0 aromatic carbocycles. The van der Waals surface area contributed by atoms with E-state index in [0.717, 1.165) is 25.8 Å². The normalized spacial score (nSPS) is 12.2. The van der Waals surface area contributed by atoms with Crippen LogP contribution >= 0.6 is 0 Å². The maximum absolute atomic E-state index is 11.6. The van der Waals surface area contributed by atoms with Gasteiger partial charge >= 0.3 is 0 Å². The topological polar surface area (TPSA) is 67.4 Å². The lowest BCUT2D eigenvalue weighted by atomic mass is 10.3. The van der Waals surface area contributed by atoms with E-state index in [2.05, 4.69) is 23.9 Å². The number of ether oxygens (including phenoxy) is 1. The molecule has 0 spiro atoms. The fraction of sp³-hybridized carbons (Fsp3) is 1.00. The lowest BCUT2D eigenvalue weighted by Crippen LogP contribution is -2.28. The Morgan fingerprint density at radius 1 is 1.06 bits per heavy atom. The maximum Gasteiger partial charge on any atom is 0.211 e. The fourth-order valence-electron chi connectivity index (χ4n) is 1.48. The van der Waals surface area contributed by atoms with Crippen molar-refractivity contribution in [2.45, 2.75) is 45.6 Å². The van der Waals surface area contributed by atoms with Gasteiger partial charge in [-0.25, -0.2) is 13.1 Å². The van der Waals surface area contributed by atoms with Gasteiger partial charge in [0.2, 0.25) is 10.0 Å². The summed E-state index contributed by atoms with van der Waals surface area (Å²) in [5.41, 5.74) is 0. The zero-order valence-corrected chi connectivity index (χ0v) is 12.7. The molecule has 0 rings (SSSR count). The van der Waals surface area contributed by atoms with Crippen molar-refractivity contribution in [3.8, 4) is 0 Å². The van der Waals surface area contributed by atoms with Crippen LogP contribution in [0.15, 0.2) is 0 Å². The van der Waals surface area contributed by atoms with Gasteiger partial charge in [0.25, 0.3) is 0 Å². The third-order valence-corrected chi connectivity index (χ3v) is 3.96. The van der Waals surface area contributed by atoms with Gasteiger partial charge in [-0.15, -0.1) is 0 Å². The molecule has 18 heavy (non-hydrogen) atoms. The highest BCUT2D eigenvalue weighted by molar-refractivity contribution is 7.89. The third kappa shape index (κ3) is 12.3. The van der Waals surface area contributed by atoms with Crippen molar-refractivity contribution < 1.29 is 13.2 Å². The molecule has 0 saturated carbocycles. The van der Waals surface area contributed by atoms with Crippen molar-refractivity contribution in [3.05, 3.63) is 0 Å². The highest BCUT2D eigenvalue weighted by Gasteiger charge is 2.08. The summed E-state index contributed by atoms with van der Waals surface area (Å²) >= 11 is 0. The molecule has 0 aromatic heterocycles. The second-order valence-corrected chi connectivity index (χ2v) is 6.66. The molecule has 5 nitrogen and oxygen atoms in total. The number of rotatable bonds is 12. The molecule has 0 saturated heterocycles. The van der Waals surface area contributed by atoms with Crippen LogP contribution < -0.4 is 10.0 Å². The second kappa shape index (κ2) is 10.7. The number of hydrogen-bond donors (Lipinski definition) is 2. The summed E-state index contributed by atoms with van der Waals surface area (Å²) in [5, 5.41) is 3.27. The molecule has 0 unspecified atom stereocenters. The lowest BCUT2D eigenvalue weighted by molar-refractivity contribution is 0.193. The first-order valence-electron chi connectivity index (χ1n) is 6.67. The lowest BCUT2D eigenvalue weighted by Gasteiger charge is -2.08. The second-order valence-electron chi connectivity index (χ2n) is 4.73. The summed E-state index contributed by atoms with van der Waals surface area (Å²) in [6.45, 7) is 6.23. The van der Waals surface area contributed by atoms with E-state index in [4.69, 9.17) is 4.74 Å². The first-order valence-corrected chi connectivity index (χ1v) is 8.33. The molecule has 0 heterocycles. The largest absolute Gasteiger partial charge is 0.385 e. The minimum atomic E-state index is -3.09. The molecular weight excluding hydrogens is 252 g/mol. The Balaban J connectivity index is 3.49. The standard InChI is InChI=1S/C12H28N2O3S/c1-12(2)13-8-5-7-11-18(15,16)14-9-4-6-10-17-3/h12-14H,4-11H2,1-3H3. The number of hydrogen-bond acceptors (Lipinski definition) is 4. The maximum atomic E-state index is 11.6. The molecule has 0 aliphatic heterocycles. The van der Waals surface area contributed by atoms with Crippen molar-refractivity contribution in [3.63, 3.8) is 0 Å². The molecule has 0 amide bonds. The molecule has 0 aromatic rings. The molecule has 0 radical (unpaired) electrons. The van der Waals surface area contributed by atoms with Crippen LogP contribution in [0.4, 0.5) is 0 Å². The van der Waals surface area contributed by atoms with E-state index in [0.29, 0.717) is 25.6 Å². The van der Waals surface area contributed by atoms with E-state index < -0.39 is 10.0 Å². The molecular formula is C12H28N2O3S. The Morgan fingerprint density at radius 3 is 2.33 bits per heavy atom. The van der Waals surface area contributed by atoms with Crippen LogP contribution in [0.3, 0.4) is 0 Å². The third-order valence-electron chi connectivity index (χ3n) is 2.49. The SMILES string of the molecule is COCCCCNS(=O)(=O)CCCCNC(C)C. The van der Waals surface area contributed by atoms with E-state index in [9.17, 15) is 8.42 Å². The van der Waals surface area contributed by atoms with E-state index in [1.807, 2.05) is 0 Å². The van der Waals surface area contributed by atoms with Gasteiger partial charge in [-0.3, -0.25) is 0 Å². The Labute approximate surface area is 112 Å². The fourth-order valence-corrected chi connectivity index (χ4v) is 2.66. The number of unbranched alkanes of at least 4 members (excludes halogenated alkanes) is 2. The predicted octanol–water partition coefficient (Wildman–Crippen LogP) is 1.11. The summed E-state index contributed by atoms with van der Waals surface area (Å²) < 4.78 is 30.7. The van der Waals surface area contributed by atoms with Crippen LogP contribution in [0.25, 0.3) is 0 Å². The van der Waals surface area contributed by atoms with Crippen LogP contribution in [0.2, 0.25) is 0 Å². The number of nitrogens with one attached hydrogen (secondary N) is 2. The van der Waals surface area contributed by atoms with Crippen molar-refractivity contribution in [1.29, 1.82) is 0 Å². The van der Waals surface area contributed by atoms with Crippen LogP contribution in [0.5, 0.6) is 0 Å². The van der Waals surface area contributed by atoms with E-state index in [1.165, 1.54) is 0 Å². The first kappa shape index (κ1) is 17.8. The van der Waals surface area contributed by atoms with E-state index in [-0.39, 0.29) is 5.75 Å².